The Kier molecular flexibility index (Phi) is 9.01. The summed E-state index contributed by atoms with van der Waals surface area (Å²) in [7, 11) is 0. The number of ether oxygens (including phenoxy) is 2. The van der Waals surface area contributed by atoms with E-state index in [1.165, 1.54) is 0 Å². The third-order valence-electron chi connectivity index (χ3n) is 3.86. The lowest BCUT2D eigenvalue weighted by Gasteiger charge is -2.19. The Bertz CT molecular complexity index is 757. The molecule has 3 amide bonds. The summed E-state index contributed by atoms with van der Waals surface area (Å²) >= 11 is 0. The van der Waals surface area contributed by atoms with Crippen LogP contribution < -0.4 is 10.6 Å². The second kappa shape index (κ2) is 10.8. The van der Waals surface area contributed by atoms with Gasteiger partial charge in [-0.2, -0.15) is 0 Å². The first-order valence-corrected chi connectivity index (χ1v) is 9.85. The van der Waals surface area contributed by atoms with Gasteiger partial charge in [0.2, 0.25) is 0 Å². The van der Waals surface area contributed by atoms with E-state index in [9.17, 15) is 19.2 Å². The molecule has 0 fully saturated rings. The maximum absolute atomic E-state index is 12.1. The number of hydrogen-bond acceptors (Lipinski definition) is 6. The number of carbonyl (C=O) groups excluding carboxylic acids is 4. The van der Waals surface area contributed by atoms with E-state index in [1.54, 1.807) is 32.9 Å². The minimum atomic E-state index is -0.708. The highest BCUT2D eigenvalue weighted by Crippen LogP contribution is 2.22. The Morgan fingerprint density at radius 3 is 2.07 bits per heavy atom. The van der Waals surface area contributed by atoms with Crippen molar-refractivity contribution in [3.63, 3.8) is 0 Å². The van der Waals surface area contributed by atoms with Crippen LogP contribution >= 0.6 is 0 Å². The molecule has 0 spiro atoms. The third kappa shape index (κ3) is 10.0. The Labute approximate surface area is 177 Å². The molecule has 2 N–H and O–H groups in total. The average Bonchev–Trinajstić information content (AvgIpc) is 2.61. The van der Waals surface area contributed by atoms with Gasteiger partial charge < -0.3 is 14.8 Å². The highest BCUT2D eigenvalue weighted by atomic mass is 16.6. The van der Waals surface area contributed by atoms with E-state index < -0.39 is 36.1 Å². The lowest BCUT2D eigenvalue weighted by Crippen LogP contribution is -2.34. The monoisotopic (exact) mass is 420 g/mol. The number of nitrogens with one attached hydrogen (secondary N) is 2. The minimum absolute atomic E-state index is 0.0191. The Morgan fingerprint density at radius 1 is 0.933 bits per heavy atom. The first-order chi connectivity index (χ1) is 13.8. The molecule has 0 heterocycles. The van der Waals surface area contributed by atoms with E-state index >= 15 is 0 Å². The first kappa shape index (κ1) is 25.1. The van der Waals surface area contributed by atoms with Crippen LogP contribution in [0, 0.1) is 0 Å². The van der Waals surface area contributed by atoms with Crippen LogP contribution in [0.3, 0.4) is 0 Å². The van der Waals surface area contributed by atoms with Gasteiger partial charge in [-0.05, 0) is 50.3 Å². The van der Waals surface area contributed by atoms with Crippen molar-refractivity contribution in [3.8, 4) is 0 Å². The van der Waals surface area contributed by atoms with Crippen LogP contribution in [-0.4, -0.2) is 42.6 Å². The molecule has 0 atom stereocenters. The van der Waals surface area contributed by atoms with Crippen molar-refractivity contribution in [2.75, 3.05) is 13.2 Å². The summed E-state index contributed by atoms with van der Waals surface area (Å²) in [5.41, 5.74) is 0.778. The van der Waals surface area contributed by atoms with E-state index in [-0.39, 0.29) is 18.4 Å². The molecule has 0 aliphatic heterocycles. The number of alkyl carbamates (subject to hydrolysis) is 1. The highest BCUT2D eigenvalue weighted by Gasteiger charge is 2.17. The molecule has 8 heteroatoms. The summed E-state index contributed by atoms with van der Waals surface area (Å²) in [6.07, 6.45) is -0.214. The summed E-state index contributed by atoms with van der Waals surface area (Å²) in [5.74, 6) is -1.86. The summed E-state index contributed by atoms with van der Waals surface area (Å²) in [6, 6.07) is 6.97. The number of hydrogen-bond donors (Lipinski definition) is 2. The standard InChI is InChI=1S/C22H32N2O6/c1-21(2,3)16-11-9-15(10-12-16)19(27)24-17(25)14-29-18(26)8-7-13-23-20(28)30-22(4,5)6/h9-12H,7-8,13-14H2,1-6H3,(H,23,28)(H,24,25,27). The van der Waals surface area contributed by atoms with Crippen molar-refractivity contribution in [1.82, 2.24) is 10.6 Å². The molecule has 0 aromatic heterocycles. The zero-order valence-corrected chi connectivity index (χ0v) is 18.6. The zero-order valence-electron chi connectivity index (χ0n) is 18.6. The van der Waals surface area contributed by atoms with E-state index in [0.29, 0.717) is 12.0 Å². The quantitative estimate of drug-likeness (QED) is 0.518. The van der Waals surface area contributed by atoms with Crippen molar-refractivity contribution < 1.29 is 28.7 Å². The summed E-state index contributed by atoms with van der Waals surface area (Å²) in [4.78, 5) is 47.1. The Morgan fingerprint density at radius 2 is 1.53 bits per heavy atom. The molecule has 30 heavy (non-hydrogen) atoms. The smallest absolute Gasteiger partial charge is 0.407 e. The fraction of sp³-hybridized carbons (Fsp3) is 0.545. The molecule has 0 radical (unpaired) electrons. The molecular weight excluding hydrogens is 388 g/mol. The summed E-state index contributed by atoms with van der Waals surface area (Å²) in [5, 5.41) is 4.71. The van der Waals surface area contributed by atoms with Gasteiger partial charge in [-0.15, -0.1) is 0 Å². The van der Waals surface area contributed by atoms with Crippen LogP contribution in [-0.2, 0) is 24.5 Å². The molecule has 166 valence electrons. The SMILES string of the molecule is CC(C)(C)OC(=O)NCCCC(=O)OCC(=O)NC(=O)c1ccc(C(C)(C)C)cc1. The number of imide groups is 1. The Balaban J connectivity index is 2.29. The number of carbonyl (C=O) groups is 4. The molecule has 1 aromatic rings. The van der Waals surface area contributed by atoms with Gasteiger partial charge in [0.25, 0.3) is 11.8 Å². The van der Waals surface area contributed by atoms with Crippen molar-refractivity contribution in [2.24, 2.45) is 0 Å². The van der Waals surface area contributed by atoms with Gasteiger partial charge in [0.15, 0.2) is 6.61 Å². The van der Waals surface area contributed by atoms with Gasteiger partial charge in [0.05, 0.1) is 0 Å². The molecule has 0 aliphatic rings. The molecule has 0 aliphatic carbocycles. The Hall–Kier alpha value is -2.90. The maximum Gasteiger partial charge on any atom is 0.407 e. The molecule has 0 saturated carbocycles. The number of amides is 3. The molecule has 0 unspecified atom stereocenters. The number of rotatable bonds is 7. The van der Waals surface area contributed by atoms with Crippen LogP contribution in [0.15, 0.2) is 24.3 Å². The van der Waals surface area contributed by atoms with Gasteiger partial charge >= 0.3 is 12.1 Å². The zero-order chi connectivity index (χ0) is 22.9. The first-order valence-electron chi connectivity index (χ1n) is 9.85. The van der Waals surface area contributed by atoms with E-state index in [1.807, 2.05) is 12.1 Å². The van der Waals surface area contributed by atoms with Crippen LogP contribution in [0.1, 0.15) is 70.3 Å². The second-order valence-corrected chi connectivity index (χ2v) is 8.90. The van der Waals surface area contributed by atoms with Gasteiger partial charge in [0, 0.05) is 18.5 Å². The predicted octanol–water partition coefficient (Wildman–Crippen LogP) is 3.09. The normalized spacial score (nSPS) is 11.4. The second-order valence-electron chi connectivity index (χ2n) is 8.90. The average molecular weight is 421 g/mol. The van der Waals surface area contributed by atoms with Crippen molar-refractivity contribution >= 4 is 23.9 Å². The van der Waals surface area contributed by atoms with E-state index in [0.717, 1.165) is 5.56 Å². The fourth-order valence-corrected chi connectivity index (χ4v) is 2.31. The number of esters is 1. The lowest BCUT2D eigenvalue weighted by atomic mass is 9.87. The topological polar surface area (TPSA) is 111 Å². The fourth-order valence-electron chi connectivity index (χ4n) is 2.31. The highest BCUT2D eigenvalue weighted by molar-refractivity contribution is 6.05. The van der Waals surface area contributed by atoms with E-state index in [4.69, 9.17) is 9.47 Å². The van der Waals surface area contributed by atoms with Gasteiger partial charge in [-0.25, -0.2) is 4.79 Å². The summed E-state index contributed by atoms with van der Waals surface area (Å²) < 4.78 is 9.91. The molecule has 1 rings (SSSR count). The third-order valence-corrected chi connectivity index (χ3v) is 3.86. The molecule has 8 nitrogen and oxygen atoms in total. The van der Waals surface area contributed by atoms with Crippen LogP contribution in [0.2, 0.25) is 0 Å². The maximum atomic E-state index is 12.1. The van der Waals surface area contributed by atoms with Crippen LogP contribution in [0.5, 0.6) is 0 Å². The molecule has 0 bridgehead atoms. The lowest BCUT2D eigenvalue weighted by molar-refractivity contribution is -0.148. The van der Waals surface area contributed by atoms with Crippen molar-refractivity contribution in [3.05, 3.63) is 35.4 Å². The minimum Gasteiger partial charge on any atom is -0.456 e. The van der Waals surface area contributed by atoms with Crippen LogP contribution in [0.4, 0.5) is 4.79 Å². The van der Waals surface area contributed by atoms with Gasteiger partial charge in [-0.1, -0.05) is 32.9 Å². The largest absolute Gasteiger partial charge is 0.456 e. The van der Waals surface area contributed by atoms with Crippen LogP contribution in [0.25, 0.3) is 0 Å². The van der Waals surface area contributed by atoms with Gasteiger partial charge in [-0.3, -0.25) is 19.7 Å². The molecular formula is C22H32N2O6. The predicted molar refractivity (Wildman–Crippen MR) is 112 cm³/mol. The van der Waals surface area contributed by atoms with E-state index in [2.05, 4.69) is 31.4 Å². The van der Waals surface area contributed by atoms with Gasteiger partial charge in [0.1, 0.15) is 5.60 Å². The number of benzene rings is 1. The van der Waals surface area contributed by atoms with Crippen molar-refractivity contribution in [1.29, 1.82) is 0 Å². The molecule has 0 saturated heterocycles. The van der Waals surface area contributed by atoms with Crippen molar-refractivity contribution in [2.45, 2.75) is 65.4 Å². The summed E-state index contributed by atoms with van der Waals surface area (Å²) in [6.45, 7) is 11.1. The molecule has 1 aromatic carbocycles.